The molecule has 0 spiro atoms. The van der Waals surface area contributed by atoms with Crippen LogP contribution in [-0.4, -0.2) is 0 Å². The molecule has 2 rings (SSSR count). The molecule has 106 valence electrons. The molecule has 0 heterocycles. The molecule has 2 aromatic rings. The molecular formula is C17H21FN2. The summed E-state index contributed by atoms with van der Waals surface area (Å²) in [5, 5.41) is 0. The van der Waals surface area contributed by atoms with E-state index in [2.05, 4.69) is 31.4 Å². The second-order valence-electron chi connectivity index (χ2n) is 5.43. The zero-order valence-corrected chi connectivity index (χ0v) is 12.2. The maximum atomic E-state index is 13.7. The van der Waals surface area contributed by atoms with Crippen LogP contribution in [0.1, 0.15) is 48.1 Å². The summed E-state index contributed by atoms with van der Waals surface area (Å²) >= 11 is 0. The summed E-state index contributed by atoms with van der Waals surface area (Å²) in [5.41, 5.74) is 6.53. The zero-order chi connectivity index (χ0) is 14.7. The Labute approximate surface area is 119 Å². The average Bonchev–Trinajstić information content (AvgIpc) is 2.44. The van der Waals surface area contributed by atoms with E-state index in [0.29, 0.717) is 11.5 Å². The van der Waals surface area contributed by atoms with E-state index in [0.717, 1.165) is 11.1 Å². The topological polar surface area (TPSA) is 38.0 Å². The number of nitrogens with two attached hydrogens (primary N) is 1. The lowest BCUT2D eigenvalue weighted by molar-refractivity contribution is 0.599. The minimum atomic E-state index is -0.207. The standard InChI is InChI=1S/C17H21FN2/c1-11(2)13-6-8-14(9-7-13)17(20-19)15-5-4-12(3)16(18)10-15/h4-11,17,20H,19H2,1-3H3. The van der Waals surface area contributed by atoms with E-state index in [4.69, 9.17) is 5.84 Å². The van der Waals surface area contributed by atoms with Crippen LogP contribution in [-0.2, 0) is 0 Å². The quantitative estimate of drug-likeness (QED) is 0.656. The van der Waals surface area contributed by atoms with Crippen molar-refractivity contribution in [2.45, 2.75) is 32.7 Å². The van der Waals surface area contributed by atoms with Crippen molar-refractivity contribution in [2.24, 2.45) is 5.84 Å². The van der Waals surface area contributed by atoms with Crippen LogP contribution >= 0.6 is 0 Å². The number of hydrogen-bond acceptors (Lipinski definition) is 2. The fourth-order valence-corrected chi connectivity index (χ4v) is 2.25. The normalized spacial score (nSPS) is 12.7. The first-order valence-electron chi connectivity index (χ1n) is 6.85. The highest BCUT2D eigenvalue weighted by Crippen LogP contribution is 2.24. The van der Waals surface area contributed by atoms with Crippen LogP contribution in [0.15, 0.2) is 42.5 Å². The van der Waals surface area contributed by atoms with Gasteiger partial charge < -0.3 is 0 Å². The maximum absolute atomic E-state index is 13.7. The predicted octanol–water partition coefficient (Wildman–Crippen LogP) is 3.81. The second kappa shape index (κ2) is 6.16. The minimum Gasteiger partial charge on any atom is -0.271 e. The smallest absolute Gasteiger partial charge is 0.126 e. The van der Waals surface area contributed by atoms with Crippen LogP contribution in [0.2, 0.25) is 0 Å². The van der Waals surface area contributed by atoms with E-state index < -0.39 is 0 Å². The largest absolute Gasteiger partial charge is 0.271 e. The molecule has 0 bridgehead atoms. The molecule has 2 nitrogen and oxygen atoms in total. The molecule has 0 radical (unpaired) electrons. The van der Waals surface area contributed by atoms with Crippen molar-refractivity contribution in [1.29, 1.82) is 0 Å². The first-order valence-corrected chi connectivity index (χ1v) is 6.85. The fraction of sp³-hybridized carbons (Fsp3) is 0.294. The molecule has 0 saturated heterocycles. The number of hydrogen-bond donors (Lipinski definition) is 2. The molecule has 2 aromatic carbocycles. The van der Waals surface area contributed by atoms with Gasteiger partial charge in [0.05, 0.1) is 6.04 Å². The third-order valence-corrected chi connectivity index (χ3v) is 3.63. The molecule has 3 N–H and O–H groups in total. The van der Waals surface area contributed by atoms with E-state index in [1.165, 1.54) is 11.6 Å². The van der Waals surface area contributed by atoms with Gasteiger partial charge in [-0.2, -0.15) is 0 Å². The van der Waals surface area contributed by atoms with Crippen LogP contribution in [0.3, 0.4) is 0 Å². The number of nitrogens with one attached hydrogen (secondary N) is 1. The number of aryl methyl sites for hydroxylation is 1. The molecule has 0 aromatic heterocycles. The summed E-state index contributed by atoms with van der Waals surface area (Å²) in [6.07, 6.45) is 0. The molecule has 0 saturated carbocycles. The highest BCUT2D eigenvalue weighted by atomic mass is 19.1. The molecule has 0 aliphatic carbocycles. The minimum absolute atomic E-state index is 0.202. The third kappa shape index (κ3) is 3.06. The van der Waals surface area contributed by atoms with Crippen LogP contribution < -0.4 is 11.3 Å². The Balaban J connectivity index is 2.33. The molecule has 0 aliphatic rings. The molecule has 3 heteroatoms. The summed E-state index contributed by atoms with van der Waals surface area (Å²) in [6.45, 7) is 6.06. The van der Waals surface area contributed by atoms with Gasteiger partial charge in [-0.1, -0.05) is 50.2 Å². The molecule has 20 heavy (non-hydrogen) atoms. The molecule has 1 unspecified atom stereocenters. The van der Waals surface area contributed by atoms with E-state index in [1.54, 1.807) is 13.0 Å². The van der Waals surface area contributed by atoms with Crippen molar-refractivity contribution in [3.63, 3.8) is 0 Å². The van der Waals surface area contributed by atoms with Crippen molar-refractivity contribution in [3.05, 3.63) is 70.5 Å². The second-order valence-corrected chi connectivity index (χ2v) is 5.43. The third-order valence-electron chi connectivity index (χ3n) is 3.63. The van der Waals surface area contributed by atoms with Crippen molar-refractivity contribution in [3.8, 4) is 0 Å². The van der Waals surface area contributed by atoms with Gasteiger partial charge >= 0.3 is 0 Å². The summed E-state index contributed by atoms with van der Waals surface area (Å²) in [5.74, 6) is 5.93. The van der Waals surface area contributed by atoms with Gasteiger partial charge in [0.1, 0.15) is 5.82 Å². The Morgan fingerprint density at radius 2 is 1.50 bits per heavy atom. The van der Waals surface area contributed by atoms with Gasteiger partial charge in [-0.3, -0.25) is 5.84 Å². The average molecular weight is 272 g/mol. The summed E-state index contributed by atoms with van der Waals surface area (Å²) < 4.78 is 13.7. The maximum Gasteiger partial charge on any atom is 0.126 e. The summed E-state index contributed by atoms with van der Waals surface area (Å²) in [7, 11) is 0. The molecule has 1 atom stereocenters. The number of rotatable bonds is 4. The lowest BCUT2D eigenvalue weighted by Crippen LogP contribution is -2.29. The van der Waals surface area contributed by atoms with Crippen LogP contribution in [0.5, 0.6) is 0 Å². The molecule has 0 fully saturated rings. The fourth-order valence-electron chi connectivity index (χ4n) is 2.25. The Bertz CT molecular complexity index is 576. The Kier molecular flexibility index (Phi) is 4.53. The van der Waals surface area contributed by atoms with Gasteiger partial charge in [-0.15, -0.1) is 0 Å². The Morgan fingerprint density at radius 3 is 2.00 bits per heavy atom. The molecule has 0 amide bonds. The summed E-state index contributed by atoms with van der Waals surface area (Å²) in [6, 6.07) is 13.3. The van der Waals surface area contributed by atoms with Crippen molar-refractivity contribution < 1.29 is 4.39 Å². The molecule has 0 aliphatic heterocycles. The zero-order valence-electron chi connectivity index (χ0n) is 12.2. The van der Waals surface area contributed by atoms with Crippen LogP contribution in [0, 0.1) is 12.7 Å². The van der Waals surface area contributed by atoms with Gasteiger partial charge in [-0.05, 0) is 41.2 Å². The Morgan fingerprint density at radius 1 is 0.950 bits per heavy atom. The van der Waals surface area contributed by atoms with Gasteiger partial charge in [0.2, 0.25) is 0 Å². The number of halogens is 1. The van der Waals surface area contributed by atoms with Crippen molar-refractivity contribution >= 4 is 0 Å². The monoisotopic (exact) mass is 272 g/mol. The first-order chi connectivity index (χ1) is 9.52. The number of benzene rings is 2. The lowest BCUT2D eigenvalue weighted by Gasteiger charge is -2.18. The van der Waals surface area contributed by atoms with Gasteiger partial charge in [0.15, 0.2) is 0 Å². The lowest BCUT2D eigenvalue weighted by atomic mass is 9.95. The highest BCUT2D eigenvalue weighted by Gasteiger charge is 2.14. The van der Waals surface area contributed by atoms with Gasteiger partial charge in [0.25, 0.3) is 0 Å². The van der Waals surface area contributed by atoms with Crippen LogP contribution in [0.25, 0.3) is 0 Å². The van der Waals surface area contributed by atoms with Gasteiger partial charge in [-0.25, -0.2) is 9.82 Å². The van der Waals surface area contributed by atoms with E-state index in [1.807, 2.05) is 18.2 Å². The van der Waals surface area contributed by atoms with E-state index in [-0.39, 0.29) is 11.9 Å². The van der Waals surface area contributed by atoms with E-state index >= 15 is 0 Å². The SMILES string of the molecule is Cc1ccc(C(NN)c2ccc(C(C)C)cc2)cc1F. The highest BCUT2D eigenvalue weighted by molar-refractivity contribution is 5.35. The van der Waals surface area contributed by atoms with Crippen molar-refractivity contribution in [1.82, 2.24) is 5.43 Å². The van der Waals surface area contributed by atoms with Gasteiger partial charge in [0, 0.05) is 0 Å². The summed E-state index contributed by atoms with van der Waals surface area (Å²) in [4.78, 5) is 0. The predicted molar refractivity (Wildman–Crippen MR) is 80.8 cm³/mol. The molecular weight excluding hydrogens is 251 g/mol. The Hall–Kier alpha value is -1.71. The van der Waals surface area contributed by atoms with E-state index in [9.17, 15) is 4.39 Å². The van der Waals surface area contributed by atoms with Crippen LogP contribution in [0.4, 0.5) is 4.39 Å². The van der Waals surface area contributed by atoms with Crippen molar-refractivity contribution in [2.75, 3.05) is 0 Å². The number of hydrazine groups is 1. The first kappa shape index (κ1) is 14.7.